The minimum atomic E-state index is 0.514. The second kappa shape index (κ2) is 7.60. The molecular formula is C14H29NS. The molecule has 96 valence electrons. The van der Waals surface area contributed by atoms with Crippen molar-refractivity contribution in [1.82, 2.24) is 0 Å². The average molecular weight is 243 g/mol. The lowest BCUT2D eigenvalue weighted by molar-refractivity contribution is 0.139. The largest absolute Gasteiger partial charge is 0.330 e. The van der Waals surface area contributed by atoms with Crippen LogP contribution in [0.25, 0.3) is 0 Å². The van der Waals surface area contributed by atoms with E-state index in [4.69, 9.17) is 5.73 Å². The van der Waals surface area contributed by atoms with Gasteiger partial charge in [-0.05, 0) is 68.4 Å². The number of hydrogen-bond acceptors (Lipinski definition) is 2. The molecule has 0 aromatic heterocycles. The molecular weight excluding hydrogens is 214 g/mol. The van der Waals surface area contributed by atoms with E-state index in [-0.39, 0.29) is 0 Å². The molecule has 0 bridgehead atoms. The predicted molar refractivity (Wildman–Crippen MR) is 76.0 cm³/mol. The van der Waals surface area contributed by atoms with Crippen LogP contribution in [-0.2, 0) is 0 Å². The first-order chi connectivity index (χ1) is 7.76. The second-order valence-corrected chi connectivity index (χ2v) is 6.52. The van der Waals surface area contributed by atoms with Crippen LogP contribution >= 0.6 is 11.8 Å². The van der Waals surface area contributed by atoms with E-state index in [0.717, 1.165) is 12.5 Å². The van der Waals surface area contributed by atoms with Crippen molar-refractivity contribution in [2.45, 2.75) is 58.3 Å². The lowest BCUT2D eigenvalue weighted by atomic mass is 9.67. The Hall–Kier alpha value is 0.310. The van der Waals surface area contributed by atoms with Crippen LogP contribution in [0.3, 0.4) is 0 Å². The molecule has 0 saturated heterocycles. The normalized spacial score (nSPS) is 30.6. The summed E-state index contributed by atoms with van der Waals surface area (Å²) in [5.41, 5.74) is 6.55. The van der Waals surface area contributed by atoms with Crippen molar-refractivity contribution in [3.05, 3.63) is 0 Å². The highest BCUT2D eigenvalue weighted by molar-refractivity contribution is 7.98. The van der Waals surface area contributed by atoms with Gasteiger partial charge in [-0.25, -0.2) is 0 Å². The Kier molecular flexibility index (Phi) is 6.83. The summed E-state index contributed by atoms with van der Waals surface area (Å²) in [6.45, 7) is 3.23. The smallest absolute Gasteiger partial charge is 0.00205 e. The van der Waals surface area contributed by atoms with Crippen LogP contribution in [0.15, 0.2) is 0 Å². The molecule has 0 radical (unpaired) electrons. The van der Waals surface area contributed by atoms with E-state index in [9.17, 15) is 0 Å². The van der Waals surface area contributed by atoms with Crippen LogP contribution in [0.5, 0.6) is 0 Å². The third-order valence-electron chi connectivity index (χ3n) is 4.35. The number of rotatable bonds is 7. The maximum Gasteiger partial charge on any atom is -0.00205 e. The SMILES string of the molecule is CCCC1CCC(CN)(CCCSC)CC1. The van der Waals surface area contributed by atoms with Gasteiger partial charge in [0, 0.05) is 0 Å². The maximum absolute atomic E-state index is 6.03. The molecule has 2 N–H and O–H groups in total. The molecule has 1 nitrogen and oxygen atoms in total. The summed E-state index contributed by atoms with van der Waals surface area (Å²) >= 11 is 1.97. The standard InChI is InChI=1S/C14H29NS/c1-3-5-13-6-9-14(12-15,10-7-13)8-4-11-16-2/h13H,3-12,15H2,1-2H3. The van der Waals surface area contributed by atoms with Gasteiger partial charge in [-0.15, -0.1) is 0 Å². The minimum Gasteiger partial charge on any atom is -0.330 e. The number of thioether (sulfide) groups is 1. The molecule has 16 heavy (non-hydrogen) atoms. The first-order valence-corrected chi connectivity index (χ1v) is 8.35. The van der Waals surface area contributed by atoms with Crippen LogP contribution in [0.1, 0.15) is 58.3 Å². The number of hydrogen-bond donors (Lipinski definition) is 1. The van der Waals surface area contributed by atoms with Gasteiger partial charge in [-0.3, -0.25) is 0 Å². The highest BCUT2D eigenvalue weighted by Crippen LogP contribution is 2.43. The lowest BCUT2D eigenvalue weighted by Crippen LogP contribution is -2.35. The van der Waals surface area contributed by atoms with Crippen molar-refractivity contribution in [2.75, 3.05) is 18.6 Å². The van der Waals surface area contributed by atoms with Gasteiger partial charge in [0.15, 0.2) is 0 Å². The summed E-state index contributed by atoms with van der Waals surface area (Å²) in [4.78, 5) is 0. The first kappa shape index (κ1) is 14.4. The predicted octanol–water partition coefficient (Wildman–Crippen LogP) is 4.07. The van der Waals surface area contributed by atoms with Gasteiger partial charge in [0.1, 0.15) is 0 Å². The highest BCUT2D eigenvalue weighted by Gasteiger charge is 2.33. The van der Waals surface area contributed by atoms with Crippen molar-refractivity contribution >= 4 is 11.8 Å². The molecule has 0 unspecified atom stereocenters. The first-order valence-electron chi connectivity index (χ1n) is 6.95. The zero-order chi connectivity index (χ0) is 11.9. The number of nitrogens with two attached hydrogens (primary N) is 1. The quantitative estimate of drug-likeness (QED) is 0.682. The monoisotopic (exact) mass is 243 g/mol. The molecule has 0 aromatic carbocycles. The Morgan fingerprint density at radius 1 is 1.31 bits per heavy atom. The summed E-state index contributed by atoms with van der Waals surface area (Å²) in [5, 5.41) is 0. The van der Waals surface area contributed by atoms with Crippen LogP contribution in [0.4, 0.5) is 0 Å². The van der Waals surface area contributed by atoms with Gasteiger partial charge in [0.05, 0.1) is 0 Å². The molecule has 0 heterocycles. The molecule has 0 aliphatic heterocycles. The minimum absolute atomic E-state index is 0.514. The molecule has 0 aromatic rings. The van der Waals surface area contributed by atoms with E-state index in [1.54, 1.807) is 0 Å². The van der Waals surface area contributed by atoms with Crippen molar-refractivity contribution in [2.24, 2.45) is 17.1 Å². The van der Waals surface area contributed by atoms with Crippen LogP contribution in [0, 0.1) is 11.3 Å². The van der Waals surface area contributed by atoms with E-state index < -0.39 is 0 Å². The van der Waals surface area contributed by atoms with E-state index in [0.29, 0.717) is 5.41 Å². The van der Waals surface area contributed by atoms with E-state index >= 15 is 0 Å². The summed E-state index contributed by atoms with van der Waals surface area (Å²) in [7, 11) is 0. The van der Waals surface area contributed by atoms with E-state index in [2.05, 4.69) is 13.2 Å². The summed E-state index contributed by atoms with van der Waals surface area (Å²) in [5.74, 6) is 2.31. The highest BCUT2D eigenvalue weighted by atomic mass is 32.2. The molecule has 0 spiro atoms. The van der Waals surface area contributed by atoms with Gasteiger partial charge in [-0.2, -0.15) is 11.8 Å². The Morgan fingerprint density at radius 3 is 2.50 bits per heavy atom. The van der Waals surface area contributed by atoms with Crippen LogP contribution in [0.2, 0.25) is 0 Å². The van der Waals surface area contributed by atoms with Gasteiger partial charge < -0.3 is 5.73 Å². The van der Waals surface area contributed by atoms with Gasteiger partial charge in [-0.1, -0.05) is 19.8 Å². The topological polar surface area (TPSA) is 26.0 Å². The fourth-order valence-electron chi connectivity index (χ4n) is 3.13. The Labute approximate surface area is 106 Å². The van der Waals surface area contributed by atoms with Crippen molar-refractivity contribution in [1.29, 1.82) is 0 Å². The second-order valence-electron chi connectivity index (χ2n) is 5.53. The average Bonchev–Trinajstić information content (AvgIpc) is 2.32. The van der Waals surface area contributed by atoms with E-state index in [1.807, 2.05) is 11.8 Å². The molecule has 1 saturated carbocycles. The third kappa shape index (κ3) is 4.29. The van der Waals surface area contributed by atoms with Gasteiger partial charge >= 0.3 is 0 Å². The van der Waals surface area contributed by atoms with Crippen molar-refractivity contribution in [3.63, 3.8) is 0 Å². The fourth-order valence-corrected chi connectivity index (χ4v) is 3.57. The Balaban J connectivity index is 2.32. The molecule has 1 fully saturated rings. The van der Waals surface area contributed by atoms with Crippen molar-refractivity contribution in [3.8, 4) is 0 Å². The van der Waals surface area contributed by atoms with Gasteiger partial charge in [0.2, 0.25) is 0 Å². The van der Waals surface area contributed by atoms with Crippen molar-refractivity contribution < 1.29 is 0 Å². The lowest BCUT2D eigenvalue weighted by Gasteiger charge is -2.39. The van der Waals surface area contributed by atoms with Crippen LogP contribution in [-0.4, -0.2) is 18.6 Å². The zero-order valence-corrected chi connectivity index (χ0v) is 12.0. The Bertz CT molecular complexity index is 174. The zero-order valence-electron chi connectivity index (χ0n) is 11.1. The molecule has 2 heteroatoms. The van der Waals surface area contributed by atoms with E-state index in [1.165, 1.54) is 57.1 Å². The summed E-state index contributed by atoms with van der Waals surface area (Å²) < 4.78 is 0. The molecule has 1 rings (SSSR count). The molecule has 1 aliphatic carbocycles. The molecule has 0 amide bonds. The summed E-state index contributed by atoms with van der Waals surface area (Å²) in [6, 6.07) is 0. The Morgan fingerprint density at radius 2 is 2.00 bits per heavy atom. The molecule has 0 atom stereocenters. The van der Waals surface area contributed by atoms with Crippen LogP contribution < -0.4 is 5.73 Å². The van der Waals surface area contributed by atoms with Gasteiger partial charge in [0.25, 0.3) is 0 Å². The fraction of sp³-hybridized carbons (Fsp3) is 1.00. The molecule has 1 aliphatic rings. The maximum atomic E-state index is 6.03. The summed E-state index contributed by atoms with van der Waals surface area (Å²) in [6.07, 6.45) is 13.4. The third-order valence-corrected chi connectivity index (χ3v) is 5.05.